The molecule has 0 amide bonds. The van der Waals surface area contributed by atoms with E-state index in [0.717, 1.165) is 0 Å². The van der Waals surface area contributed by atoms with Gasteiger partial charge in [0.15, 0.2) is 0 Å². The van der Waals surface area contributed by atoms with E-state index >= 15 is 0 Å². The molecule has 0 saturated carbocycles. The van der Waals surface area contributed by atoms with Crippen molar-refractivity contribution in [3.63, 3.8) is 0 Å². The van der Waals surface area contributed by atoms with Crippen molar-refractivity contribution in [1.29, 1.82) is 0 Å². The molecule has 6 heteroatoms. The number of pyridine rings is 1. The third-order valence-corrected chi connectivity index (χ3v) is 3.63. The third kappa shape index (κ3) is 3.84. The number of aryl methyl sites for hydroxylation is 2. The molecule has 0 radical (unpaired) electrons. The third-order valence-electron chi connectivity index (χ3n) is 3.63. The first-order chi connectivity index (χ1) is 11.9. The molecule has 0 bridgehead atoms. The number of hydrogen-bond donors (Lipinski definition) is 0. The SMILES string of the molecule is CCOC(=O)c1c(C)nc(C)c(C(=O)OCC)c1-c1cccc(F)c1. The highest BCUT2D eigenvalue weighted by atomic mass is 19.1. The van der Waals surface area contributed by atoms with Gasteiger partial charge in [-0.2, -0.15) is 0 Å². The fraction of sp³-hybridized carbons (Fsp3) is 0.316. The van der Waals surface area contributed by atoms with Gasteiger partial charge in [0.05, 0.1) is 35.7 Å². The smallest absolute Gasteiger partial charge is 0.340 e. The summed E-state index contributed by atoms with van der Waals surface area (Å²) in [6.07, 6.45) is 0. The number of carbonyl (C=O) groups excluding carboxylic acids is 2. The standard InChI is InChI=1S/C19H20FNO4/c1-5-24-18(22)15-11(3)21-12(4)16(19(23)25-6-2)17(15)13-8-7-9-14(20)10-13/h7-10H,5-6H2,1-4H3. The Morgan fingerprint density at radius 2 is 1.52 bits per heavy atom. The number of nitrogens with zero attached hydrogens (tertiary/aromatic N) is 1. The Morgan fingerprint density at radius 1 is 1.00 bits per heavy atom. The van der Waals surface area contributed by atoms with Crippen molar-refractivity contribution in [2.45, 2.75) is 27.7 Å². The van der Waals surface area contributed by atoms with Gasteiger partial charge in [0.25, 0.3) is 0 Å². The average molecular weight is 345 g/mol. The fourth-order valence-electron chi connectivity index (χ4n) is 2.69. The number of aromatic nitrogens is 1. The maximum absolute atomic E-state index is 13.8. The Bertz CT molecular complexity index is 775. The van der Waals surface area contributed by atoms with Gasteiger partial charge in [-0.15, -0.1) is 0 Å². The number of halogens is 1. The highest BCUT2D eigenvalue weighted by Gasteiger charge is 2.27. The van der Waals surface area contributed by atoms with Crippen LogP contribution in [0.1, 0.15) is 46.0 Å². The van der Waals surface area contributed by atoms with E-state index in [-0.39, 0.29) is 29.9 Å². The molecule has 0 aliphatic carbocycles. The molecule has 1 aromatic carbocycles. The van der Waals surface area contributed by atoms with Gasteiger partial charge >= 0.3 is 11.9 Å². The van der Waals surface area contributed by atoms with E-state index in [1.807, 2.05) is 0 Å². The van der Waals surface area contributed by atoms with Crippen LogP contribution in [0.25, 0.3) is 11.1 Å². The van der Waals surface area contributed by atoms with Crippen LogP contribution in [0.2, 0.25) is 0 Å². The van der Waals surface area contributed by atoms with Crippen LogP contribution in [0.3, 0.4) is 0 Å². The summed E-state index contributed by atoms with van der Waals surface area (Å²) in [5.41, 5.74) is 1.76. The number of esters is 2. The van der Waals surface area contributed by atoms with Crippen molar-refractivity contribution in [1.82, 2.24) is 4.98 Å². The zero-order valence-electron chi connectivity index (χ0n) is 14.7. The second-order valence-electron chi connectivity index (χ2n) is 5.36. The molecule has 2 rings (SSSR count). The van der Waals surface area contributed by atoms with E-state index in [0.29, 0.717) is 17.0 Å². The predicted molar refractivity (Wildman–Crippen MR) is 91.0 cm³/mol. The molecule has 1 heterocycles. The molecule has 0 N–H and O–H groups in total. The summed E-state index contributed by atoms with van der Waals surface area (Å²) < 4.78 is 24.0. The maximum atomic E-state index is 13.8. The quantitative estimate of drug-likeness (QED) is 0.770. The topological polar surface area (TPSA) is 65.5 Å². The number of benzene rings is 1. The molecule has 0 aliphatic rings. The van der Waals surface area contributed by atoms with Crippen LogP contribution < -0.4 is 0 Å². The van der Waals surface area contributed by atoms with Gasteiger partial charge in [0.1, 0.15) is 5.82 Å². The van der Waals surface area contributed by atoms with Crippen molar-refractivity contribution < 1.29 is 23.5 Å². The van der Waals surface area contributed by atoms with Crippen LogP contribution in [-0.2, 0) is 9.47 Å². The highest BCUT2D eigenvalue weighted by molar-refractivity contribution is 6.07. The minimum atomic E-state index is -0.614. The average Bonchev–Trinajstić information content (AvgIpc) is 2.54. The van der Waals surface area contributed by atoms with Gasteiger partial charge in [0.2, 0.25) is 0 Å². The molecule has 0 fully saturated rings. The van der Waals surface area contributed by atoms with E-state index in [2.05, 4.69) is 4.98 Å². The first kappa shape index (κ1) is 18.6. The van der Waals surface area contributed by atoms with E-state index in [1.165, 1.54) is 18.2 Å². The lowest BCUT2D eigenvalue weighted by molar-refractivity contribution is 0.0525. The van der Waals surface area contributed by atoms with Gasteiger partial charge in [-0.25, -0.2) is 14.0 Å². The van der Waals surface area contributed by atoms with Crippen LogP contribution in [0.15, 0.2) is 24.3 Å². The summed E-state index contributed by atoms with van der Waals surface area (Å²) in [4.78, 5) is 29.3. The lowest BCUT2D eigenvalue weighted by Crippen LogP contribution is -2.17. The molecule has 1 aromatic heterocycles. The van der Waals surface area contributed by atoms with Crippen molar-refractivity contribution in [2.75, 3.05) is 13.2 Å². The minimum absolute atomic E-state index is 0.140. The first-order valence-electron chi connectivity index (χ1n) is 8.02. The monoisotopic (exact) mass is 345 g/mol. The van der Waals surface area contributed by atoms with E-state index < -0.39 is 17.8 Å². The van der Waals surface area contributed by atoms with Crippen molar-refractivity contribution in [3.05, 3.63) is 52.6 Å². The van der Waals surface area contributed by atoms with E-state index in [9.17, 15) is 14.0 Å². The summed E-state index contributed by atoms with van der Waals surface area (Å²) in [6.45, 7) is 7.01. The second kappa shape index (κ2) is 7.88. The largest absolute Gasteiger partial charge is 0.462 e. The lowest BCUT2D eigenvalue weighted by atomic mass is 9.92. The van der Waals surface area contributed by atoms with Gasteiger partial charge in [-0.05, 0) is 45.4 Å². The first-order valence-corrected chi connectivity index (χ1v) is 8.02. The van der Waals surface area contributed by atoms with Crippen LogP contribution in [0, 0.1) is 19.7 Å². The van der Waals surface area contributed by atoms with Crippen LogP contribution in [0.4, 0.5) is 4.39 Å². The van der Waals surface area contributed by atoms with Gasteiger partial charge in [-0.3, -0.25) is 4.98 Å². The highest BCUT2D eigenvalue weighted by Crippen LogP contribution is 2.32. The van der Waals surface area contributed by atoms with Crippen LogP contribution in [-0.4, -0.2) is 30.1 Å². The molecule has 0 saturated heterocycles. The number of ether oxygens (including phenoxy) is 2. The van der Waals surface area contributed by atoms with E-state index in [1.54, 1.807) is 33.8 Å². The molecular formula is C19H20FNO4. The van der Waals surface area contributed by atoms with Crippen LogP contribution in [0.5, 0.6) is 0 Å². The minimum Gasteiger partial charge on any atom is -0.462 e. The Hall–Kier alpha value is -2.76. The number of rotatable bonds is 5. The second-order valence-corrected chi connectivity index (χ2v) is 5.36. The molecule has 2 aromatic rings. The Labute approximate surface area is 145 Å². The molecule has 0 atom stereocenters. The predicted octanol–water partition coefficient (Wildman–Crippen LogP) is 3.86. The van der Waals surface area contributed by atoms with Gasteiger partial charge in [0, 0.05) is 5.56 Å². The van der Waals surface area contributed by atoms with Crippen molar-refractivity contribution in [2.24, 2.45) is 0 Å². The molecule has 0 aliphatic heterocycles. The van der Waals surface area contributed by atoms with E-state index in [4.69, 9.17) is 9.47 Å². The van der Waals surface area contributed by atoms with Gasteiger partial charge in [-0.1, -0.05) is 12.1 Å². The fourth-order valence-corrected chi connectivity index (χ4v) is 2.69. The maximum Gasteiger partial charge on any atom is 0.340 e. The van der Waals surface area contributed by atoms with Gasteiger partial charge < -0.3 is 9.47 Å². The molecule has 132 valence electrons. The molecular weight excluding hydrogens is 325 g/mol. The number of hydrogen-bond acceptors (Lipinski definition) is 5. The summed E-state index contributed by atoms with van der Waals surface area (Å²) in [5, 5.41) is 0. The number of carbonyl (C=O) groups is 2. The normalized spacial score (nSPS) is 10.4. The zero-order valence-corrected chi connectivity index (χ0v) is 14.7. The summed E-state index contributed by atoms with van der Waals surface area (Å²) in [5.74, 6) is -1.70. The van der Waals surface area contributed by atoms with Crippen molar-refractivity contribution >= 4 is 11.9 Å². The summed E-state index contributed by atoms with van der Waals surface area (Å²) in [6, 6.07) is 5.69. The van der Waals surface area contributed by atoms with Crippen LogP contribution >= 0.6 is 0 Å². The lowest BCUT2D eigenvalue weighted by Gasteiger charge is -2.17. The molecule has 25 heavy (non-hydrogen) atoms. The molecule has 5 nitrogen and oxygen atoms in total. The zero-order chi connectivity index (χ0) is 18.6. The Morgan fingerprint density at radius 3 is 1.96 bits per heavy atom. The summed E-state index contributed by atoms with van der Waals surface area (Å²) in [7, 11) is 0. The molecule has 0 unspecified atom stereocenters. The summed E-state index contributed by atoms with van der Waals surface area (Å²) >= 11 is 0. The van der Waals surface area contributed by atoms with Crippen molar-refractivity contribution in [3.8, 4) is 11.1 Å². The Kier molecular flexibility index (Phi) is 5.85. The Balaban J connectivity index is 2.85. The molecule has 0 spiro atoms.